The van der Waals surface area contributed by atoms with Crippen LogP contribution in [0.5, 0.6) is 0 Å². The first-order valence-electron chi connectivity index (χ1n) is 9.12. The molecule has 1 atom stereocenters. The maximum atomic E-state index is 12.8. The number of aryl methyl sites for hydroxylation is 1. The number of nitrogens with two attached hydrogens (primary N) is 1. The third-order valence-corrected chi connectivity index (χ3v) is 5.65. The van der Waals surface area contributed by atoms with E-state index in [1.807, 2.05) is 19.9 Å². The number of carbonyl (C=O) groups excluding carboxylic acids is 1. The lowest BCUT2D eigenvalue weighted by Gasteiger charge is -2.22. The van der Waals surface area contributed by atoms with E-state index < -0.39 is 11.5 Å². The average Bonchev–Trinajstić information content (AvgIpc) is 3.05. The van der Waals surface area contributed by atoms with E-state index in [4.69, 9.17) is 10.2 Å². The molecular formula is C18H25N5O3S. The fourth-order valence-electron chi connectivity index (χ4n) is 3.31. The van der Waals surface area contributed by atoms with Crippen LogP contribution in [-0.4, -0.2) is 29.2 Å². The van der Waals surface area contributed by atoms with Gasteiger partial charge in [0.15, 0.2) is 0 Å². The molecule has 2 aromatic heterocycles. The zero-order valence-corrected chi connectivity index (χ0v) is 16.6. The monoisotopic (exact) mass is 391 g/mol. The molecule has 2 aromatic rings. The highest BCUT2D eigenvalue weighted by Gasteiger charge is 2.27. The molecule has 4 N–H and O–H groups in total. The molecule has 27 heavy (non-hydrogen) atoms. The summed E-state index contributed by atoms with van der Waals surface area (Å²) < 4.78 is 5.51. The van der Waals surface area contributed by atoms with E-state index in [-0.39, 0.29) is 23.4 Å². The molecule has 0 aliphatic carbocycles. The molecule has 1 saturated heterocycles. The van der Waals surface area contributed by atoms with E-state index in [2.05, 4.69) is 20.8 Å². The molecule has 0 saturated carbocycles. The summed E-state index contributed by atoms with van der Waals surface area (Å²) in [7, 11) is 0. The number of rotatable bonds is 5. The van der Waals surface area contributed by atoms with Crippen molar-refractivity contribution in [2.24, 2.45) is 5.92 Å². The van der Waals surface area contributed by atoms with Crippen LogP contribution in [0.2, 0.25) is 0 Å². The number of hydrogen-bond acceptors (Lipinski definition) is 8. The smallest absolute Gasteiger partial charge is 0.349 e. The molecule has 1 aliphatic rings. The molecule has 1 fully saturated rings. The highest BCUT2D eigenvalue weighted by Crippen LogP contribution is 2.27. The highest BCUT2D eigenvalue weighted by molar-refractivity contribution is 7.15. The molecule has 1 aliphatic heterocycles. The molecule has 9 heteroatoms. The minimum absolute atomic E-state index is 0.0378. The Labute approximate surface area is 161 Å². The number of nitrogens with zero attached hydrogens (tertiary/aromatic N) is 2. The Morgan fingerprint density at radius 1 is 1.37 bits per heavy atom. The lowest BCUT2D eigenvalue weighted by molar-refractivity contribution is 0.0920. The minimum atomic E-state index is -0.597. The van der Waals surface area contributed by atoms with Crippen LogP contribution < -0.4 is 22.0 Å². The Balaban J connectivity index is 1.84. The summed E-state index contributed by atoms with van der Waals surface area (Å²) in [6.07, 6.45) is 1.84. The van der Waals surface area contributed by atoms with Gasteiger partial charge in [-0.25, -0.2) is 4.79 Å². The zero-order valence-electron chi connectivity index (χ0n) is 15.7. The Kier molecular flexibility index (Phi) is 5.91. The van der Waals surface area contributed by atoms with Gasteiger partial charge in [-0.15, -0.1) is 10.2 Å². The van der Waals surface area contributed by atoms with Crippen molar-refractivity contribution in [1.82, 2.24) is 20.8 Å². The summed E-state index contributed by atoms with van der Waals surface area (Å²) in [5.41, 5.74) is 5.72. The van der Waals surface area contributed by atoms with Gasteiger partial charge in [-0.2, -0.15) is 0 Å². The van der Waals surface area contributed by atoms with Gasteiger partial charge in [0.05, 0.1) is 6.04 Å². The quantitative estimate of drug-likeness (QED) is 0.712. The molecule has 1 unspecified atom stereocenters. The Bertz CT molecular complexity index is 870. The summed E-state index contributed by atoms with van der Waals surface area (Å²) in [4.78, 5) is 25.4. The van der Waals surface area contributed by atoms with Crippen molar-refractivity contribution in [3.05, 3.63) is 38.4 Å². The highest BCUT2D eigenvalue weighted by atomic mass is 32.1. The van der Waals surface area contributed by atoms with E-state index in [1.54, 1.807) is 6.92 Å². The maximum Gasteiger partial charge on any atom is 0.349 e. The van der Waals surface area contributed by atoms with Crippen LogP contribution in [0, 0.1) is 12.8 Å². The van der Waals surface area contributed by atoms with Crippen molar-refractivity contribution < 1.29 is 9.21 Å². The zero-order chi connectivity index (χ0) is 19.6. The van der Waals surface area contributed by atoms with Crippen LogP contribution in [-0.2, 0) is 0 Å². The summed E-state index contributed by atoms with van der Waals surface area (Å²) in [6, 6.07) is 1.44. The van der Waals surface area contributed by atoms with E-state index in [0.717, 1.165) is 25.9 Å². The van der Waals surface area contributed by atoms with Gasteiger partial charge in [0.1, 0.15) is 16.3 Å². The number of anilines is 1. The van der Waals surface area contributed by atoms with Gasteiger partial charge in [0.2, 0.25) is 5.13 Å². The summed E-state index contributed by atoms with van der Waals surface area (Å²) in [5, 5.41) is 15.0. The van der Waals surface area contributed by atoms with Gasteiger partial charge in [-0.05, 0) is 50.4 Å². The van der Waals surface area contributed by atoms with Crippen LogP contribution in [0.3, 0.4) is 0 Å². The third kappa shape index (κ3) is 4.36. The van der Waals surface area contributed by atoms with E-state index in [1.165, 1.54) is 11.3 Å². The van der Waals surface area contributed by atoms with Gasteiger partial charge in [0, 0.05) is 5.92 Å². The van der Waals surface area contributed by atoms with Crippen molar-refractivity contribution in [2.75, 3.05) is 18.8 Å². The summed E-state index contributed by atoms with van der Waals surface area (Å²) in [6.45, 7) is 7.48. The number of amides is 1. The number of nitrogen functional groups attached to an aromatic ring is 1. The van der Waals surface area contributed by atoms with Crippen molar-refractivity contribution in [1.29, 1.82) is 0 Å². The number of piperidine rings is 1. The molecule has 0 bridgehead atoms. The molecule has 3 heterocycles. The van der Waals surface area contributed by atoms with Crippen LogP contribution in [0.25, 0.3) is 0 Å². The lowest BCUT2D eigenvalue weighted by atomic mass is 9.94. The Hall–Kier alpha value is -2.26. The second kappa shape index (κ2) is 8.18. The van der Waals surface area contributed by atoms with Gasteiger partial charge >= 0.3 is 5.63 Å². The second-order valence-electron chi connectivity index (χ2n) is 7.19. The third-order valence-electron chi connectivity index (χ3n) is 4.81. The second-order valence-corrected chi connectivity index (χ2v) is 8.23. The van der Waals surface area contributed by atoms with Gasteiger partial charge in [0.25, 0.3) is 5.91 Å². The average molecular weight is 391 g/mol. The summed E-state index contributed by atoms with van der Waals surface area (Å²) >= 11 is 1.22. The number of nitrogens with one attached hydrogen (secondary N) is 2. The van der Waals surface area contributed by atoms with Crippen LogP contribution in [0.4, 0.5) is 5.13 Å². The van der Waals surface area contributed by atoms with Crippen molar-refractivity contribution in [3.8, 4) is 0 Å². The molecule has 146 valence electrons. The maximum absolute atomic E-state index is 12.8. The molecular weight excluding hydrogens is 366 g/mol. The van der Waals surface area contributed by atoms with Gasteiger partial charge in [-0.1, -0.05) is 25.2 Å². The first-order chi connectivity index (χ1) is 12.9. The van der Waals surface area contributed by atoms with Gasteiger partial charge in [-0.3, -0.25) is 4.79 Å². The van der Waals surface area contributed by atoms with Gasteiger partial charge < -0.3 is 20.8 Å². The number of carbonyl (C=O) groups is 1. The number of aromatic nitrogens is 2. The summed E-state index contributed by atoms with van der Waals surface area (Å²) in [5.74, 6) is 0.462. The topological polar surface area (TPSA) is 123 Å². The van der Waals surface area contributed by atoms with E-state index >= 15 is 0 Å². The van der Waals surface area contributed by atoms with E-state index in [0.29, 0.717) is 21.5 Å². The largest absolute Gasteiger partial charge is 0.427 e. The Morgan fingerprint density at radius 3 is 2.63 bits per heavy atom. The van der Waals surface area contributed by atoms with Crippen molar-refractivity contribution >= 4 is 22.4 Å². The normalized spacial score (nSPS) is 16.4. The molecule has 3 rings (SSSR count). The van der Waals surface area contributed by atoms with Crippen LogP contribution in [0.1, 0.15) is 65.3 Å². The fourth-order valence-corrected chi connectivity index (χ4v) is 4.15. The molecule has 0 aromatic carbocycles. The minimum Gasteiger partial charge on any atom is -0.427 e. The molecule has 1 amide bonds. The van der Waals surface area contributed by atoms with Crippen molar-refractivity contribution in [3.63, 3.8) is 0 Å². The predicted molar refractivity (Wildman–Crippen MR) is 104 cm³/mol. The number of hydrogen-bond donors (Lipinski definition) is 3. The first-order valence-corrected chi connectivity index (χ1v) is 9.93. The SMILES string of the molecule is Cc1cc(C2CCNCC2)oc(=O)c1C(=O)NC(c1nnc(N)s1)C(C)C. The van der Waals surface area contributed by atoms with Crippen LogP contribution in [0.15, 0.2) is 15.3 Å². The predicted octanol–water partition coefficient (Wildman–Crippen LogP) is 1.98. The standard InChI is InChI=1S/C18H25N5O3S/c1-9(2)14(16-22-23-18(19)27-16)21-15(24)13-10(3)8-12(26-17(13)25)11-4-6-20-7-5-11/h8-9,11,14,20H,4-7H2,1-3H3,(H2,19,23)(H,21,24). The fraction of sp³-hybridized carbons (Fsp3) is 0.556. The molecule has 0 radical (unpaired) electrons. The van der Waals surface area contributed by atoms with E-state index in [9.17, 15) is 9.59 Å². The lowest BCUT2D eigenvalue weighted by Crippen LogP contribution is -2.35. The van der Waals surface area contributed by atoms with Crippen LogP contribution >= 0.6 is 11.3 Å². The Morgan fingerprint density at radius 2 is 2.07 bits per heavy atom. The molecule has 0 spiro atoms. The van der Waals surface area contributed by atoms with Crippen molar-refractivity contribution in [2.45, 2.75) is 45.6 Å². The molecule has 8 nitrogen and oxygen atoms in total. The first kappa shape index (κ1) is 19.5.